The third-order valence-electron chi connectivity index (χ3n) is 8.24. The molecule has 0 bridgehead atoms. The first-order valence-electron chi connectivity index (χ1n) is 12.2. The van der Waals surface area contributed by atoms with Gasteiger partial charge in [-0.15, -0.1) is 22.7 Å². The zero-order valence-electron chi connectivity index (χ0n) is 20.0. The van der Waals surface area contributed by atoms with Crippen LogP contribution in [0.5, 0.6) is 0 Å². The van der Waals surface area contributed by atoms with Crippen LogP contribution in [0, 0.1) is 23.2 Å². The second kappa shape index (κ2) is 9.56. The summed E-state index contributed by atoms with van der Waals surface area (Å²) in [6, 6.07) is 3.68. The van der Waals surface area contributed by atoms with Crippen molar-refractivity contribution in [1.82, 2.24) is 9.88 Å². The highest BCUT2D eigenvalue weighted by Gasteiger charge is 2.54. The Balaban J connectivity index is 1.34. The number of fused-ring (bicyclic) bond motifs is 2. The van der Waals surface area contributed by atoms with E-state index in [1.807, 2.05) is 41.1 Å². The molecule has 184 valence electrons. The summed E-state index contributed by atoms with van der Waals surface area (Å²) in [5, 5.41) is 17.1. The second-order valence-corrected chi connectivity index (χ2v) is 13.6. The number of aromatic nitrogens is 1. The highest BCUT2D eigenvalue weighted by Crippen LogP contribution is 2.57. The molecule has 34 heavy (non-hydrogen) atoms. The maximum absolute atomic E-state index is 13.2. The van der Waals surface area contributed by atoms with Gasteiger partial charge >= 0.3 is 0 Å². The normalized spacial score (nSPS) is 31.9. The first-order valence-corrected chi connectivity index (χ1v) is 15.0. The number of carbonyl (C=O) groups excluding carboxylic acids is 2. The lowest BCUT2D eigenvalue weighted by Crippen LogP contribution is -2.54. The fourth-order valence-corrected chi connectivity index (χ4v) is 9.20. The van der Waals surface area contributed by atoms with Crippen LogP contribution in [0.3, 0.4) is 0 Å². The minimum atomic E-state index is -0.536. The Kier molecular flexibility index (Phi) is 6.83. The number of amides is 2. The molecular weight excluding hydrogens is 486 g/mol. The molecule has 1 saturated carbocycles. The summed E-state index contributed by atoms with van der Waals surface area (Å²) >= 11 is 4.89. The van der Waals surface area contributed by atoms with Crippen LogP contribution in [0.2, 0.25) is 0 Å². The predicted molar refractivity (Wildman–Crippen MR) is 140 cm³/mol. The summed E-state index contributed by atoms with van der Waals surface area (Å²) in [7, 11) is 0. The van der Waals surface area contributed by atoms with Crippen molar-refractivity contribution in [2.75, 3.05) is 29.9 Å². The topological polar surface area (TPSA) is 82.5 Å². The number of thioether (sulfide) groups is 1. The Morgan fingerprint density at radius 2 is 2.09 bits per heavy atom. The summed E-state index contributed by atoms with van der Waals surface area (Å²) in [6.45, 7) is 8.09. The number of carbonyl (C=O) groups is 2. The number of thiophene rings is 1. The fraction of sp³-hybridized carbons (Fsp3) is 0.640. The molecule has 2 N–H and O–H groups in total. The fourth-order valence-electron chi connectivity index (χ4n) is 6.42. The zero-order chi connectivity index (χ0) is 24.0. The lowest BCUT2D eigenvalue weighted by molar-refractivity contribution is -0.144. The zero-order valence-corrected chi connectivity index (χ0v) is 22.4. The Labute approximate surface area is 213 Å². The van der Waals surface area contributed by atoms with Crippen molar-refractivity contribution < 1.29 is 14.7 Å². The summed E-state index contributed by atoms with van der Waals surface area (Å²) in [6.07, 6.45) is 2.18. The molecule has 3 aliphatic rings. The molecule has 0 aromatic carbocycles. The van der Waals surface area contributed by atoms with E-state index in [4.69, 9.17) is 4.98 Å². The average Bonchev–Trinajstić information content (AvgIpc) is 3.49. The maximum Gasteiger partial charge on any atom is 0.267 e. The number of nitrogens with zero attached hydrogens (tertiary/aromatic N) is 2. The molecular formula is C25H33N3O3S3. The number of anilines is 1. The third kappa shape index (κ3) is 4.33. The number of hydrogen-bond donors (Lipinski definition) is 2. The molecule has 3 heterocycles. The molecule has 9 heteroatoms. The molecule has 1 unspecified atom stereocenters. The van der Waals surface area contributed by atoms with Gasteiger partial charge in [-0.25, -0.2) is 4.98 Å². The van der Waals surface area contributed by atoms with E-state index in [9.17, 15) is 14.7 Å². The van der Waals surface area contributed by atoms with Gasteiger partial charge in [0.05, 0.1) is 16.7 Å². The van der Waals surface area contributed by atoms with Gasteiger partial charge in [-0.1, -0.05) is 26.8 Å². The standard InChI is InChI=1S/C25H33N3O3S3/c1-14(23(31)28-8-11-32-12-9-28)16-6-7-25(3)13-18-20(15(2)19(25)21(16)29)26-24(34-18)27-22(30)17-5-4-10-33-17/h4-5,10,14-16,19,21,29H,6-9,11-13H2,1-3H3,(H,26,27,30)/t14-,15-,16?,19+,21-,25-/m0/s1. The lowest BCUT2D eigenvalue weighted by Gasteiger charge is -2.53. The van der Waals surface area contributed by atoms with E-state index < -0.39 is 6.10 Å². The summed E-state index contributed by atoms with van der Waals surface area (Å²) in [5.74, 6) is 2.00. The summed E-state index contributed by atoms with van der Waals surface area (Å²) in [4.78, 5) is 34.5. The molecule has 0 spiro atoms. The van der Waals surface area contributed by atoms with Gasteiger partial charge in [0.25, 0.3) is 5.91 Å². The van der Waals surface area contributed by atoms with E-state index in [-0.39, 0.29) is 40.9 Å². The molecule has 6 nitrogen and oxygen atoms in total. The highest BCUT2D eigenvalue weighted by molar-refractivity contribution is 7.99. The monoisotopic (exact) mass is 519 g/mol. The van der Waals surface area contributed by atoms with E-state index in [1.165, 1.54) is 16.2 Å². The van der Waals surface area contributed by atoms with E-state index in [1.54, 1.807) is 11.3 Å². The summed E-state index contributed by atoms with van der Waals surface area (Å²) < 4.78 is 0. The van der Waals surface area contributed by atoms with Gasteiger partial charge in [-0.05, 0) is 48.0 Å². The Morgan fingerprint density at radius 1 is 1.32 bits per heavy atom. The molecule has 2 aromatic heterocycles. The van der Waals surface area contributed by atoms with Crippen LogP contribution < -0.4 is 5.32 Å². The van der Waals surface area contributed by atoms with Crippen LogP contribution in [0.25, 0.3) is 0 Å². The van der Waals surface area contributed by atoms with E-state index in [2.05, 4.69) is 19.2 Å². The molecule has 2 aromatic rings. The maximum atomic E-state index is 13.2. The summed E-state index contributed by atoms with van der Waals surface area (Å²) in [5.41, 5.74) is 0.967. The first-order chi connectivity index (χ1) is 16.3. The minimum absolute atomic E-state index is 0.0270. The first kappa shape index (κ1) is 24.3. The Bertz CT molecular complexity index is 1050. The van der Waals surface area contributed by atoms with Crippen molar-refractivity contribution in [2.45, 2.75) is 52.1 Å². The van der Waals surface area contributed by atoms with Gasteiger partial charge in [0.1, 0.15) is 0 Å². The van der Waals surface area contributed by atoms with Gasteiger partial charge in [-0.2, -0.15) is 11.8 Å². The molecule has 1 aliphatic heterocycles. The van der Waals surface area contributed by atoms with Crippen LogP contribution in [0.15, 0.2) is 17.5 Å². The van der Waals surface area contributed by atoms with Gasteiger partial charge in [0.15, 0.2) is 5.13 Å². The smallest absolute Gasteiger partial charge is 0.267 e. The van der Waals surface area contributed by atoms with Crippen molar-refractivity contribution in [3.8, 4) is 0 Å². The van der Waals surface area contributed by atoms with Gasteiger partial charge in [0.2, 0.25) is 5.91 Å². The van der Waals surface area contributed by atoms with Crippen molar-refractivity contribution >= 4 is 51.4 Å². The Morgan fingerprint density at radius 3 is 2.79 bits per heavy atom. The average molecular weight is 520 g/mol. The van der Waals surface area contributed by atoms with Crippen molar-refractivity contribution in [1.29, 1.82) is 0 Å². The predicted octanol–water partition coefficient (Wildman–Crippen LogP) is 4.72. The number of aliphatic hydroxyl groups excluding tert-OH is 1. The van der Waals surface area contributed by atoms with Crippen molar-refractivity contribution in [3.05, 3.63) is 33.0 Å². The number of rotatable bonds is 4. The molecule has 2 fully saturated rings. The number of nitrogens with one attached hydrogen (secondary N) is 1. The third-order valence-corrected chi connectivity index (χ3v) is 11.0. The second-order valence-electron chi connectivity index (χ2n) is 10.3. The Hall–Kier alpha value is -1.42. The van der Waals surface area contributed by atoms with Gasteiger partial charge in [0, 0.05) is 41.3 Å². The van der Waals surface area contributed by atoms with Gasteiger partial charge < -0.3 is 10.0 Å². The largest absolute Gasteiger partial charge is 0.392 e. The highest BCUT2D eigenvalue weighted by atomic mass is 32.2. The van der Waals surface area contributed by atoms with Crippen molar-refractivity contribution in [3.63, 3.8) is 0 Å². The van der Waals surface area contributed by atoms with E-state index in [0.29, 0.717) is 10.0 Å². The molecule has 1 saturated heterocycles. The molecule has 0 radical (unpaired) electrons. The number of thiazole rings is 1. The molecule has 2 aliphatic carbocycles. The quantitative estimate of drug-likeness (QED) is 0.611. The molecule has 5 rings (SSSR count). The SMILES string of the molecule is C[C@H](C(=O)N1CCSCC1)C1CC[C@@]2(C)Cc3sc(NC(=O)c4cccs4)nc3[C@@H](C)[C@@H]2[C@H]1O. The van der Waals surface area contributed by atoms with Crippen LogP contribution >= 0.6 is 34.4 Å². The lowest BCUT2D eigenvalue weighted by atomic mass is 9.53. The number of hydrogen-bond acceptors (Lipinski definition) is 7. The van der Waals surface area contributed by atoms with Crippen molar-refractivity contribution in [2.24, 2.45) is 23.2 Å². The van der Waals surface area contributed by atoms with Crippen LogP contribution in [-0.2, 0) is 11.2 Å². The molecule has 6 atom stereocenters. The van der Waals surface area contributed by atoms with Crippen LogP contribution in [0.4, 0.5) is 5.13 Å². The van der Waals surface area contributed by atoms with Crippen LogP contribution in [-0.4, -0.2) is 57.5 Å². The van der Waals surface area contributed by atoms with Gasteiger partial charge in [-0.3, -0.25) is 14.9 Å². The minimum Gasteiger partial charge on any atom is -0.392 e. The van der Waals surface area contributed by atoms with E-state index >= 15 is 0 Å². The van der Waals surface area contributed by atoms with Crippen LogP contribution in [0.1, 0.15) is 59.8 Å². The number of aliphatic hydroxyl groups is 1. The van der Waals surface area contributed by atoms with E-state index in [0.717, 1.165) is 49.6 Å². The molecule has 2 amide bonds.